The third-order valence-electron chi connectivity index (χ3n) is 9.12. The average Bonchev–Trinajstić information content (AvgIpc) is 3.41. The highest BCUT2D eigenvalue weighted by molar-refractivity contribution is 6.30. The van der Waals surface area contributed by atoms with Gasteiger partial charge in [-0.25, -0.2) is 14.6 Å². The van der Waals surface area contributed by atoms with Crippen molar-refractivity contribution in [3.05, 3.63) is 53.3 Å². The number of rotatable bonds is 11. The summed E-state index contributed by atoms with van der Waals surface area (Å²) in [6, 6.07) is 13.4. The van der Waals surface area contributed by atoms with Crippen molar-refractivity contribution in [2.24, 2.45) is 11.8 Å². The van der Waals surface area contributed by atoms with Gasteiger partial charge in [0.05, 0.1) is 12.1 Å². The highest BCUT2D eigenvalue weighted by Gasteiger charge is 2.29. The van der Waals surface area contributed by atoms with Crippen LogP contribution in [0.5, 0.6) is 11.5 Å². The Labute approximate surface area is 302 Å². The molecule has 2 aliphatic heterocycles. The number of amides is 2. The zero-order valence-electron chi connectivity index (χ0n) is 30.7. The number of carbonyl (C=O) groups excluding carboxylic acids is 2. The summed E-state index contributed by atoms with van der Waals surface area (Å²) < 4.78 is 26.1. The van der Waals surface area contributed by atoms with Gasteiger partial charge in [0.1, 0.15) is 40.6 Å². The molecule has 10 nitrogen and oxygen atoms in total. The van der Waals surface area contributed by atoms with Crippen molar-refractivity contribution in [2.75, 3.05) is 32.8 Å². The first-order valence-corrected chi connectivity index (χ1v) is 18.6. The van der Waals surface area contributed by atoms with Crippen LogP contribution < -0.4 is 9.47 Å². The molecule has 0 bridgehead atoms. The molecule has 5 rings (SSSR count). The van der Waals surface area contributed by atoms with E-state index >= 15 is 0 Å². The van der Waals surface area contributed by atoms with Crippen LogP contribution >= 0.6 is 11.6 Å². The normalized spacial score (nSPS) is 18.6. The van der Waals surface area contributed by atoms with Gasteiger partial charge in [-0.05, 0) is 135 Å². The standard InChI is InChI=1S/C39H55ClN4O6/c1-38(2,3)49-36(45)42-21-8-11-28(25-42)13-10-23-44-32-14-7-15-33(35(32)41-34(44)27-48-31-18-16-30(40)17-19-31)47-24-20-29-12-9-22-43(26-29)37(46)50-39(4,5)6/h7,14-19,28-29H,8-13,20-27H2,1-6H3. The van der Waals surface area contributed by atoms with E-state index in [1.54, 1.807) is 0 Å². The van der Waals surface area contributed by atoms with Crippen LogP contribution in [-0.2, 0) is 22.6 Å². The average molecular weight is 711 g/mol. The van der Waals surface area contributed by atoms with Crippen molar-refractivity contribution < 1.29 is 28.5 Å². The number of likely N-dealkylation sites (tertiary alicyclic amines) is 2. The fraction of sp³-hybridized carbons (Fsp3) is 0.615. The number of carbonyl (C=O) groups is 2. The van der Waals surface area contributed by atoms with E-state index in [1.165, 1.54) is 0 Å². The van der Waals surface area contributed by atoms with Crippen LogP contribution in [0.1, 0.15) is 92.3 Å². The molecule has 0 saturated carbocycles. The number of benzene rings is 2. The molecule has 2 aliphatic rings. The van der Waals surface area contributed by atoms with Gasteiger partial charge >= 0.3 is 12.2 Å². The van der Waals surface area contributed by atoms with Crippen molar-refractivity contribution >= 4 is 34.8 Å². The van der Waals surface area contributed by atoms with E-state index in [0.717, 1.165) is 99.5 Å². The molecule has 274 valence electrons. The van der Waals surface area contributed by atoms with E-state index in [0.29, 0.717) is 36.6 Å². The third kappa shape index (κ3) is 10.9. The Balaban J connectivity index is 1.24. The van der Waals surface area contributed by atoms with Gasteiger partial charge in [0.15, 0.2) is 0 Å². The van der Waals surface area contributed by atoms with Crippen LogP contribution in [0.25, 0.3) is 11.0 Å². The summed E-state index contributed by atoms with van der Waals surface area (Å²) >= 11 is 6.10. The molecule has 2 unspecified atom stereocenters. The van der Waals surface area contributed by atoms with Crippen molar-refractivity contribution in [3.63, 3.8) is 0 Å². The molecular weight excluding hydrogens is 656 g/mol. The van der Waals surface area contributed by atoms with Crippen molar-refractivity contribution in [2.45, 2.75) is 111 Å². The van der Waals surface area contributed by atoms with Gasteiger partial charge in [-0.15, -0.1) is 0 Å². The lowest BCUT2D eigenvalue weighted by atomic mass is 9.93. The maximum atomic E-state index is 12.7. The summed E-state index contributed by atoms with van der Waals surface area (Å²) in [7, 11) is 0. The van der Waals surface area contributed by atoms with Crippen molar-refractivity contribution in [1.82, 2.24) is 19.4 Å². The van der Waals surface area contributed by atoms with Gasteiger partial charge in [0.2, 0.25) is 0 Å². The van der Waals surface area contributed by atoms with E-state index in [1.807, 2.05) is 87.7 Å². The van der Waals surface area contributed by atoms with Gasteiger partial charge in [0.25, 0.3) is 0 Å². The summed E-state index contributed by atoms with van der Waals surface area (Å²) in [6.07, 6.45) is 6.41. The molecule has 11 heteroatoms. The number of hydrogen-bond acceptors (Lipinski definition) is 7. The molecule has 2 saturated heterocycles. The second kappa shape index (κ2) is 16.6. The largest absolute Gasteiger partial charge is 0.491 e. The number of imidazole rings is 1. The van der Waals surface area contributed by atoms with E-state index in [9.17, 15) is 9.59 Å². The lowest BCUT2D eigenvalue weighted by Crippen LogP contribution is -2.43. The molecule has 2 amide bonds. The van der Waals surface area contributed by atoms with E-state index in [-0.39, 0.29) is 12.2 Å². The zero-order chi connectivity index (χ0) is 35.9. The predicted molar refractivity (Wildman–Crippen MR) is 196 cm³/mol. The van der Waals surface area contributed by atoms with Crippen LogP contribution in [0, 0.1) is 11.8 Å². The number of fused-ring (bicyclic) bond motifs is 1. The van der Waals surface area contributed by atoms with Crippen LogP contribution in [0.2, 0.25) is 5.02 Å². The Morgan fingerprint density at radius 2 is 1.42 bits per heavy atom. The van der Waals surface area contributed by atoms with Crippen LogP contribution in [0.3, 0.4) is 0 Å². The summed E-state index contributed by atoms with van der Waals surface area (Å²) in [4.78, 5) is 34.2. The fourth-order valence-corrected chi connectivity index (χ4v) is 6.91. The Bertz CT molecular complexity index is 1580. The number of ether oxygens (including phenoxy) is 4. The minimum Gasteiger partial charge on any atom is -0.491 e. The van der Waals surface area contributed by atoms with E-state index < -0.39 is 11.2 Å². The molecule has 0 N–H and O–H groups in total. The molecule has 3 aromatic rings. The number of aryl methyl sites for hydroxylation is 1. The van der Waals surface area contributed by atoms with Gasteiger partial charge < -0.3 is 33.3 Å². The second-order valence-electron chi connectivity index (χ2n) is 15.7. The second-order valence-corrected chi connectivity index (χ2v) is 16.1. The summed E-state index contributed by atoms with van der Waals surface area (Å²) in [5.41, 5.74) is 0.811. The number of nitrogens with zero attached hydrogens (tertiary/aromatic N) is 4. The molecule has 50 heavy (non-hydrogen) atoms. The van der Waals surface area contributed by atoms with Gasteiger partial charge in [-0.2, -0.15) is 0 Å². The number of piperidine rings is 2. The SMILES string of the molecule is CC(C)(C)OC(=O)N1CCCC(CCCn2c(COc3ccc(Cl)cc3)nc3c(OCCC4CCCN(C(=O)OC(C)(C)C)C4)cccc32)C1. The molecule has 0 spiro atoms. The highest BCUT2D eigenvalue weighted by Crippen LogP contribution is 2.30. The number of hydrogen-bond donors (Lipinski definition) is 0. The molecule has 0 radical (unpaired) electrons. The maximum absolute atomic E-state index is 12.7. The summed E-state index contributed by atoms with van der Waals surface area (Å²) in [6.45, 7) is 15.9. The summed E-state index contributed by atoms with van der Waals surface area (Å²) in [5.74, 6) is 3.06. The van der Waals surface area contributed by atoms with Crippen LogP contribution in [0.4, 0.5) is 9.59 Å². The lowest BCUT2D eigenvalue weighted by Gasteiger charge is -2.34. The topological polar surface area (TPSA) is 95.4 Å². The molecule has 0 aliphatic carbocycles. The Kier molecular flexibility index (Phi) is 12.5. The Morgan fingerprint density at radius 3 is 2.02 bits per heavy atom. The first-order valence-electron chi connectivity index (χ1n) is 18.2. The highest BCUT2D eigenvalue weighted by atomic mass is 35.5. The van der Waals surface area contributed by atoms with Gasteiger partial charge in [-0.1, -0.05) is 17.7 Å². The third-order valence-corrected chi connectivity index (χ3v) is 9.37. The Hall–Kier alpha value is -3.66. The predicted octanol–water partition coefficient (Wildman–Crippen LogP) is 9.11. The van der Waals surface area contributed by atoms with Crippen LogP contribution in [-0.4, -0.2) is 75.5 Å². The van der Waals surface area contributed by atoms with E-state index in [2.05, 4.69) is 10.6 Å². The van der Waals surface area contributed by atoms with Gasteiger partial charge in [0, 0.05) is 37.7 Å². The number of aromatic nitrogens is 2. The molecule has 1 aromatic heterocycles. The smallest absolute Gasteiger partial charge is 0.410 e. The number of para-hydroxylation sites is 1. The lowest BCUT2D eigenvalue weighted by molar-refractivity contribution is 0.0148. The van der Waals surface area contributed by atoms with Crippen LogP contribution in [0.15, 0.2) is 42.5 Å². The quantitative estimate of drug-likeness (QED) is 0.196. The minimum atomic E-state index is -0.507. The number of halogens is 1. The molecule has 2 fully saturated rings. The molecular formula is C39H55ClN4O6. The first kappa shape index (κ1) is 37.6. The van der Waals surface area contributed by atoms with Crippen molar-refractivity contribution in [3.8, 4) is 11.5 Å². The maximum Gasteiger partial charge on any atom is 0.410 e. The molecule has 3 heterocycles. The van der Waals surface area contributed by atoms with E-state index in [4.69, 9.17) is 35.5 Å². The summed E-state index contributed by atoms with van der Waals surface area (Å²) in [5, 5.41) is 0.658. The van der Waals surface area contributed by atoms with Crippen molar-refractivity contribution in [1.29, 1.82) is 0 Å². The zero-order valence-corrected chi connectivity index (χ0v) is 31.5. The molecule has 2 aromatic carbocycles. The van der Waals surface area contributed by atoms with Gasteiger partial charge in [-0.3, -0.25) is 0 Å². The minimum absolute atomic E-state index is 0.221. The first-order chi connectivity index (χ1) is 23.7. The monoisotopic (exact) mass is 710 g/mol. The molecule has 2 atom stereocenters. The fourth-order valence-electron chi connectivity index (χ4n) is 6.78. The Morgan fingerprint density at radius 1 is 0.820 bits per heavy atom.